The van der Waals surface area contributed by atoms with Gasteiger partial charge in [0.25, 0.3) is 0 Å². The molecule has 1 heterocycles. The van der Waals surface area contributed by atoms with Gasteiger partial charge >= 0.3 is 0 Å². The third-order valence-corrected chi connectivity index (χ3v) is 2.22. The fourth-order valence-corrected chi connectivity index (χ4v) is 1.25. The van der Waals surface area contributed by atoms with E-state index in [4.69, 9.17) is 5.73 Å². The van der Waals surface area contributed by atoms with Crippen molar-refractivity contribution in [3.63, 3.8) is 0 Å². The number of nitrogen functional groups attached to an aromatic ring is 1. The quantitative estimate of drug-likeness (QED) is 0.769. The molecule has 0 saturated carbocycles. The third-order valence-electron chi connectivity index (χ3n) is 2.22. The summed E-state index contributed by atoms with van der Waals surface area (Å²) < 4.78 is 0. The van der Waals surface area contributed by atoms with Gasteiger partial charge in [0.15, 0.2) is 0 Å². The molecule has 1 aromatic heterocycles. The second kappa shape index (κ2) is 4.12. The molecule has 1 rings (SSSR count). The molecule has 3 nitrogen and oxygen atoms in total. The standard InChI is InChI=1S/C10H17N3/c1-4-13(5-2)10-6-9(11)8(3)7-12-10/h6-7H,4-5H2,1-3H3,(H2,11,12). The first kappa shape index (κ1) is 9.84. The van der Waals surface area contributed by atoms with Crippen LogP contribution in [0.1, 0.15) is 19.4 Å². The molecule has 13 heavy (non-hydrogen) atoms. The van der Waals surface area contributed by atoms with Gasteiger partial charge in [0.05, 0.1) is 0 Å². The number of rotatable bonds is 3. The SMILES string of the molecule is CCN(CC)c1cc(N)c(C)cn1. The van der Waals surface area contributed by atoms with Crippen LogP contribution >= 0.6 is 0 Å². The van der Waals surface area contributed by atoms with E-state index in [-0.39, 0.29) is 0 Å². The van der Waals surface area contributed by atoms with Crippen LogP contribution in [0, 0.1) is 6.92 Å². The number of aromatic nitrogens is 1. The molecule has 2 N–H and O–H groups in total. The smallest absolute Gasteiger partial charge is 0.130 e. The van der Waals surface area contributed by atoms with E-state index >= 15 is 0 Å². The van der Waals surface area contributed by atoms with Gasteiger partial charge in [-0.3, -0.25) is 0 Å². The topological polar surface area (TPSA) is 42.1 Å². The highest BCUT2D eigenvalue weighted by molar-refractivity contribution is 5.54. The van der Waals surface area contributed by atoms with Gasteiger partial charge in [0, 0.05) is 31.0 Å². The fourth-order valence-electron chi connectivity index (χ4n) is 1.25. The van der Waals surface area contributed by atoms with Crippen LogP contribution in [0.4, 0.5) is 11.5 Å². The van der Waals surface area contributed by atoms with Gasteiger partial charge < -0.3 is 10.6 Å². The zero-order chi connectivity index (χ0) is 9.84. The van der Waals surface area contributed by atoms with Crippen molar-refractivity contribution in [2.75, 3.05) is 23.7 Å². The van der Waals surface area contributed by atoms with E-state index in [2.05, 4.69) is 23.7 Å². The van der Waals surface area contributed by atoms with Crippen LogP contribution in [0.2, 0.25) is 0 Å². The van der Waals surface area contributed by atoms with Crippen LogP contribution < -0.4 is 10.6 Å². The highest BCUT2D eigenvalue weighted by Crippen LogP contribution is 2.16. The van der Waals surface area contributed by atoms with E-state index in [0.29, 0.717) is 0 Å². The highest BCUT2D eigenvalue weighted by atomic mass is 15.2. The Hall–Kier alpha value is -1.25. The Balaban J connectivity index is 2.95. The highest BCUT2D eigenvalue weighted by Gasteiger charge is 2.03. The normalized spacial score (nSPS) is 10.1. The van der Waals surface area contributed by atoms with Crippen LogP contribution in [0.5, 0.6) is 0 Å². The molecule has 0 radical (unpaired) electrons. The zero-order valence-corrected chi connectivity index (χ0v) is 8.54. The molecule has 0 saturated heterocycles. The molecule has 0 amide bonds. The summed E-state index contributed by atoms with van der Waals surface area (Å²) in [5.41, 5.74) is 7.66. The Bertz CT molecular complexity index is 279. The van der Waals surface area contributed by atoms with E-state index in [1.54, 1.807) is 0 Å². The summed E-state index contributed by atoms with van der Waals surface area (Å²) >= 11 is 0. The first-order valence-corrected chi connectivity index (χ1v) is 4.66. The van der Waals surface area contributed by atoms with Crippen molar-refractivity contribution in [2.45, 2.75) is 20.8 Å². The first-order valence-electron chi connectivity index (χ1n) is 4.66. The van der Waals surface area contributed by atoms with E-state index < -0.39 is 0 Å². The average molecular weight is 179 g/mol. The Morgan fingerprint density at radius 3 is 2.46 bits per heavy atom. The molecule has 0 bridgehead atoms. The summed E-state index contributed by atoms with van der Waals surface area (Å²) in [5.74, 6) is 0.966. The summed E-state index contributed by atoms with van der Waals surface area (Å²) in [5, 5.41) is 0. The average Bonchev–Trinajstić information content (AvgIpc) is 2.13. The largest absolute Gasteiger partial charge is 0.398 e. The molecule has 72 valence electrons. The minimum absolute atomic E-state index is 0.817. The lowest BCUT2D eigenvalue weighted by Crippen LogP contribution is -2.23. The van der Waals surface area contributed by atoms with Gasteiger partial charge in [-0.05, 0) is 26.3 Å². The summed E-state index contributed by atoms with van der Waals surface area (Å²) in [6.45, 7) is 8.12. The molecule has 0 atom stereocenters. The summed E-state index contributed by atoms with van der Waals surface area (Å²) in [6, 6.07) is 1.93. The van der Waals surface area contributed by atoms with E-state index in [0.717, 1.165) is 30.2 Å². The van der Waals surface area contributed by atoms with Crippen LogP contribution in [0.3, 0.4) is 0 Å². The Morgan fingerprint density at radius 1 is 1.38 bits per heavy atom. The number of nitrogens with zero attached hydrogens (tertiary/aromatic N) is 2. The predicted molar refractivity (Wildman–Crippen MR) is 56.9 cm³/mol. The maximum absolute atomic E-state index is 5.80. The molecule has 0 spiro atoms. The van der Waals surface area contributed by atoms with Crippen molar-refractivity contribution in [1.29, 1.82) is 0 Å². The van der Waals surface area contributed by atoms with E-state index in [1.807, 2.05) is 19.2 Å². The number of hydrogen-bond acceptors (Lipinski definition) is 3. The maximum Gasteiger partial charge on any atom is 0.130 e. The molecular weight excluding hydrogens is 162 g/mol. The number of pyridine rings is 1. The minimum atomic E-state index is 0.817. The van der Waals surface area contributed by atoms with Gasteiger partial charge in [0.1, 0.15) is 5.82 Å². The zero-order valence-electron chi connectivity index (χ0n) is 8.54. The predicted octanol–water partition coefficient (Wildman–Crippen LogP) is 1.82. The van der Waals surface area contributed by atoms with Crippen LogP contribution in [0.15, 0.2) is 12.3 Å². The van der Waals surface area contributed by atoms with Gasteiger partial charge in [0.2, 0.25) is 0 Å². The van der Waals surface area contributed by atoms with Crippen molar-refractivity contribution in [3.8, 4) is 0 Å². The molecule has 0 unspecified atom stereocenters. The van der Waals surface area contributed by atoms with Crippen molar-refractivity contribution >= 4 is 11.5 Å². The van der Waals surface area contributed by atoms with Gasteiger partial charge in [-0.15, -0.1) is 0 Å². The minimum Gasteiger partial charge on any atom is -0.398 e. The second-order valence-electron chi connectivity index (χ2n) is 3.07. The lowest BCUT2D eigenvalue weighted by Gasteiger charge is -2.20. The maximum atomic E-state index is 5.80. The van der Waals surface area contributed by atoms with Crippen molar-refractivity contribution in [2.24, 2.45) is 0 Å². The van der Waals surface area contributed by atoms with Gasteiger partial charge in [-0.25, -0.2) is 4.98 Å². The van der Waals surface area contributed by atoms with Crippen LogP contribution in [0.25, 0.3) is 0 Å². The molecule has 0 aliphatic carbocycles. The first-order chi connectivity index (χ1) is 6.19. The number of hydrogen-bond donors (Lipinski definition) is 1. The van der Waals surface area contributed by atoms with Crippen molar-refractivity contribution < 1.29 is 0 Å². The lowest BCUT2D eigenvalue weighted by molar-refractivity contribution is 0.846. The molecule has 0 aliphatic heterocycles. The Kier molecular flexibility index (Phi) is 3.12. The van der Waals surface area contributed by atoms with Crippen molar-refractivity contribution in [1.82, 2.24) is 4.98 Å². The molecule has 0 aromatic carbocycles. The van der Waals surface area contributed by atoms with E-state index in [9.17, 15) is 0 Å². The van der Waals surface area contributed by atoms with E-state index in [1.165, 1.54) is 0 Å². The monoisotopic (exact) mass is 179 g/mol. The molecule has 0 fully saturated rings. The number of aryl methyl sites for hydroxylation is 1. The second-order valence-corrected chi connectivity index (χ2v) is 3.07. The van der Waals surface area contributed by atoms with Crippen LogP contribution in [-0.4, -0.2) is 18.1 Å². The van der Waals surface area contributed by atoms with Gasteiger partial charge in [-0.1, -0.05) is 0 Å². The molecular formula is C10H17N3. The third kappa shape index (κ3) is 2.11. The summed E-state index contributed by atoms with van der Waals surface area (Å²) in [6.07, 6.45) is 1.82. The Labute approximate surface area is 79.6 Å². The van der Waals surface area contributed by atoms with Crippen LogP contribution in [-0.2, 0) is 0 Å². The number of anilines is 2. The summed E-state index contributed by atoms with van der Waals surface area (Å²) in [7, 11) is 0. The molecule has 0 aliphatic rings. The van der Waals surface area contributed by atoms with Gasteiger partial charge in [-0.2, -0.15) is 0 Å². The lowest BCUT2D eigenvalue weighted by atomic mass is 10.2. The molecule has 1 aromatic rings. The summed E-state index contributed by atoms with van der Waals surface area (Å²) in [4.78, 5) is 6.50. The number of nitrogens with two attached hydrogens (primary N) is 1. The Morgan fingerprint density at radius 2 is 2.00 bits per heavy atom. The fraction of sp³-hybridized carbons (Fsp3) is 0.500. The van der Waals surface area contributed by atoms with Crippen molar-refractivity contribution in [3.05, 3.63) is 17.8 Å². The molecule has 3 heteroatoms.